The first-order valence-corrected chi connectivity index (χ1v) is 10.1. The van der Waals surface area contributed by atoms with Crippen LogP contribution in [0.2, 0.25) is 14.8 Å². The molecule has 0 N–H and O–H groups in total. The molecule has 0 saturated carbocycles. The average molecular weight is 164 g/mol. The Morgan fingerprint density at radius 1 is 1.00 bits per heavy atom. The van der Waals surface area contributed by atoms with Crippen LogP contribution in [0.15, 0.2) is 0 Å². The zero-order valence-corrected chi connectivity index (χ0v) is 6.35. The van der Waals surface area contributed by atoms with E-state index in [1.54, 1.807) is 0 Å². The van der Waals surface area contributed by atoms with Crippen LogP contribution in [0.1, 0.15) is 0 Å². The van der Waals surface area contributed by atoms with Gasteiger partial charge in [0.25, 0.3) is 0 Å². The van der Waals surface area contributed by atoms with Crippen LogP contribution in [0.3, 0.4) is 0 Å². The molecule has 0 heterocycles. The summed E-state index contributed by atoms with van der Waals surface area (Å²) in [4.78, 5) is 7.09. The minimum absolute atomic E-state index is 0.543. The van der Waals surface area contributed by atoms with Crippen molar-refractivity contribution in [3.8, 4) is 0 Å². The van der Waals surface area contributed by atoms with Crippen molar-refractivity contribution in [3.63, 3.8) is 0 Å². The summed E-state index contributed by atoms with van der Waals surface area (Å²) >= 11 is -0.543. The fourth-order valence-corrected chi connectivity index (χ4v) is 0. The molecule has 0 bridgehead atoms. The predicted molar refractivity (Wildman–Crippen MR) is 23.3 cm³/mol. The molecule has 0 rings (SSSR count). The van der Waals surface area contributed by atoms with Crippen LogP contribution >= 0.6 is 0 Å². The third kappa shape index (κ3) is 14.2. The van der Waals surface area contributed by atoms with Crippen molar-refractivity contribution in [3.05, 3.63) is 0 Å². The van der Waals surface area contributed by atoms with E-state index in [4.69, 9.17) is 0 Å². The Labute approximate surface area is 35.0 Å². The van der Waals surface area contributed by atoms with Gasteiger partial charge in [0, 0.05) is 0 Å². The first-order valence-electron chi connectivity index (χ1n) is 1.50. The van der Waals surface area contributed by atoms with Gasteiger partial charge in [-0.3, -0.25) is 0 Å². The maximum atomic E-state index is 2.36. The van der Waals surface area contributed by atoms with E-state index in [0.717, 1.165) is 0 Å². The summed E-state index contributed by atoms with van der Waals surface area (Å²) in [6, 6.07) is 0. The topological polar surface area (TPSA) is 0 Å². The third-order valence-corrected chi connectivity index (χ3v) is 0. The van der Waals surface area contributed by atoms with Crippen molar-refractivity contribution in [1.82, 2.24) is 0 Å². The number of hydrogen-bond acceptors (Lipinski definition) is 0. The molecule has 1 heteroatoms. The fourth-order valence-electron chi connectivity index (χ4n) is 0. The van der Waals surface area contributed by atoms with Crippen molar-refractivity contribution < 1.29 is 0 Å². The summed E-state index contributed by atoms with van der Waals surface area (Å²) in [5.41, 5.74) is 0. The van der Waals surface area contributed by atoms with Crippen LogP contribution in [0.25, 0.3) is 0 Å². The monoisotopic (exact) mass is 165 g/mol. The Kier molecular flexibility index (Phi) is 2.47. The van der Waals surface area contributed by atoms with Gasteiger partial charge in [-0.1, -0.05) is 0 Å². The van der Waals surface area contributed by atoms with E-state index in [9.17, 15) is 0 Å². The van der Waals surface area contributed by atoms with Crippen LogP contribution < -0.4 is 0 Å². The molecule has 0 amide bonds. The fraction of sp³-hybridized carbons (Fsp3) is 1.00. The van der Waals surface area contributed by atoms with Gasteiger partial charge in [0.15, 0.2) is 0 Å². The van der Waals surface area contributed by atoms with Gasteiger partial charge in [-0.25, -0.2) is 0 Å². The Morgan fingerprint density at radius 3 is 1.00 bits per heavy atom. The average Bonchev–Trinajstić information content (AvgIpc) is 0.811. The Morgan fingerprint density at radius 2 is 1.00 bits per heavy atom. The SMILES string of the molecule is [CH3][Sn-]([CH3])[CH3]. The van der Waals surface area contributed by atoms with E-state index in [-0.39, 0.29) is 0 Å². The molecule has 0 aromatic heterocycles. The van der Waals surface area contributed by atoms with Gasteiger partial charge in [-0.2, -0.15) is 0 Å². The first-order chi connectivity index (χ1) is 1.73. The molecule has 0 radical (unpaired) electrons. The first kappa shape index (κ1) is 4.80. The standard InChI is InChI=1S/3CH3.Sn/h3*1H3;/q;;;-1. The van der Waals surface area contributed by atoms with Crippen LogP contribution in [0.4, 0.5) is 0 Å². The van der Waals surface area contributed by atoms with Crippen molar-refractivity contribution >= 4 is 19.8 Å². The molecule has 0 atom stereocenters. The maximum absolute atomic E-state index is 2.36. The molecular weight excluding hydrogens is 155 g/mol. The van der Waals surface area contributed by atoms with E-state index in [0.29, 0.717) is 0 Å². The molecule has 26 valence electrons. The zero-order chi connectivity index (χ0) is 3.58. The van der Waals surface area contributed by atoms with Crippen molar-refractivity contribution in [2.45, 2.75) is 14.8 Å². The van der Waals surface area contributed by atoms with Crippen molar-refractivity contribution in [1.29, 1.82) is 0 Å². The zero-order valence-electron chi connectivity index (χ0n) is 3.50. The van der Waals surface area contributed by atoms with Crippen LogP contribution in [-0.4, -0.2) is 19.8 Å². The number of hydrogen-bond donors (Lipinski definition) is 0. The van der Waals surface area contributed by atoms with Gasteiger partial charge in [-0.05, 0) is 0 Å². The second kappa shape index (κ2) is 2.06. The molecular formula is C3H9Sn-. The minimum atomic E-state index is -0.543. The molecule has 4 heavy (non-hydrogen) atoms. The Bertz CT molecular complexity index is 8.00. The van der Waals surface area contributed by atoms with Crippen LogP contribution in [0.5, 0.6) is 0 Å². The van der Waals surface area contributed by atoms with E-state index in [2.05, 4.69) is 14.8 Å². The quantitative estimate of drug-likeness (QED) is 0.474. The summed E-state index contributed by atoms with van der Waals surface area (Å²) in [5, 5.41) is 0. The molecule has 0 fully saturated rings. The molecule has 0 unspecified atom stereocenters. The van der Waals surface area contributed by atoms with Gasteiger partial charge in [0.2, 0.25) is 0 Å². The molecule has 0 nitrogen and oxygen atoms in total. The summed E-state index contributed by atoms with van der Waals surface area (Å²) in [6.45, 7) is 0. The van der Waals surface area contributed by atoms with E-state index >= 15 is 0 Å². The van der Waals surface area contributed by atoms with Crippen molar-refractivity contribution in [2.24, 2.45) is 0 Å². The predicted octanol–water partition coefficient (Wildman–Crippen LogP) is 1.37. The molecule has 0 saturated heterocycles. The summed E-state index contributed by atoms with van der Waals surface area (Å²) in [6.07, 6.45) is 0. The van der Waals surface area contributed by atoms with Crippen LogP contribution in [0, 0.1) is 0 Å². The van der Waals surface area contributed by atoms with Gasteiger partial charge < -0.3 is 0 Å². The molecule has 0 aliphatic carbocycles. The van der Waals surface area contributed by atoms with Gasteiger partial charge in [-0.15, -0.1) is 0 Å². The Balaban J connectivity index is 2.32. The third-order valence-electron chi connectivity index (χ3n) is 0. The summed E-state index contributed by atoms with van der Waals surface area (Å²) in [5.74, 6) is 0. The van der Waals surface area contributed by atoms with Crippen LogP contribution in [-0.2, 0) is 0 Å². The summed E-state index contributed by atoms with van der Waals surface area (Å²) < 4.78 is 0. The molecule has 0 aromatic carbocycles. The molecule has 0 aliphatic rings. The number of rotatable bonds is 0. The summed E-state index contributed by atoms with van der Waals surface area (Å²) in [7, 11) is 0. The van der Waals surface area contributed by atoms with E-state index in [1.165, 1.54) is 0 Å². The second-order valence-corrected chi connectivity index (χ2v) is 10.1. The van der Waals surface area contributed by atoms with Gasteiger partial charge in [0.1, 0.15) is 0 Å². The molecule has 0 aliphatic heterocycles. The normalized spacial score (nSPS) is 9.00. The van der Waals surface area contributed by atoms with E-state index in [1.807, 2.05) is 0 Å². The van der Waals surface area contributed by atoms with Gasteiger partial charge in [0.05, 0.1) is 0 Å². The van der Waals surface area contributed by atoms with Gasteiger partial charge >= 0.3 is 34.6 Å². The van der Waals surface area contributed by atoms with E-state index < -0.39 is 19.8 Å². The van der Waals surface area contributed by atoms with Crippen molar-refractivity contribution in [2.75, 3.05) is 0 Å². The molecule has 0 aromatic rings. The second-order valence-electron chi connectivity index (χ2n) is 1.50. The molecule has 0 spiro atoms. The Hall–Kier alpha value is 0.799.